The first-order valence-electron chi connectivity index (χ1n) is 6.92. The van der Waals surface area contributed by atoms with Crippen molar-refractivity contribution in [2.75, 3.05) is 5.32 Å². The molecule has 0 unspecified atom stereocenters. The predicted molar refractivity (Wildman–Crippen MR) is 82.2 cm³/mol. The van der Waals surface area contributed by atoms with Crippen LogP contribution in [-0.4, -0.2) is 31.1 Å². The minimum absolute atomic E-state index is 0.00998. The molecule has 114 valence electrons. The summed E-state index contributed by atoms with van der Waals surface area (Å²) >= 11 is 0. The summed E-state index contributed by atoms with van der Waals surface area (Å²) in [6, 6.07) is 11.6. The second kappa shape index (κ2) is 5.16. The van der Waals surface area contributed by atoms with E-state index in [1.54, 1.807) is 6.07 Å². The average molecular weight is 310 g/mol. The van der Waals surface area contributed by atoms with Crippen LogP contribution in [-0.2, 0) is 11.3 Å². The summed E-state index contributed by atoms with van der Waals surface area (Å²) in [6.45, 7) is 0.00998. The number of nitrogens with zero attached hydrogens (tertiary/aromatic N) is 4. The summed E-state index contributed by atoms with van der Waals surface area (Å²) in [5.74, 6) is -0.305. The van der Waals surface area contributed by atoms with Crippen LogP contribution in [0.1, 0.15) is 0 Å². The fourth-order valence-corrected chi connectivity index (χ4v) is 2.43. The number of carbonyl (C=O) groups excluding carboxylic acids is 1. The number of para-hydroxylation sites is 1. The molecule has 0 fully saturated rings. The van der Waals surface area contributed by atoms with Crippen molar-refractivity contribution in [1.82, 2.24) is 25.2 Å². The van der Waals surface area contributed by atoms with Gasteiger partial charge >= 0.3 is 0 Å². The third-order valence-corrected chi connectivity index (χ3v) is 3.50. The Balaban J connectivity index is 1.57. The van der Waals surface area contributed by atoms with Gasteiger partial charge in [0.2, 0.25) is 5.91 Å². The molecule has 2 aromatic carbocycles. The summed E-state index contributed by atoms with van der Waals surface area (Å²) < 4.78 is 14.7. The number of hydrogen-bond acceptors (Lipinski definition) is 4. The standard InChI is InChI=1S/C15H11FN6O/c16-9-5-6-10-12(7-9)18-20-15(10)17-14(23)8-22-13-4-2-1-3-11(13)19-21-22/h1-7H,8H2,(H2,17,18,20,23). The molecule has 2 aromatic heterocycles. The Morgan fingerprint density at radius 2 is 2.13 bits per heavy atom. The van der Waals surface area contributed by atoms with Crippen LogP contribution in [0.15, 0.2) is 42.5 Å². The number of H-pyrrole nitrogens is 1. The summed E-state index contributed by atoms with van der Waals surface area (Å²) in [7, 11) is 0. The maximum Gasteiger partial charge on any atom is 0.247 e. The number of benzene rings is 2. The molecule has 2 heterocycles. The zero-order valence-electron chi connectivity index (χ0n) is 11.8. The molecule has 0 saturated heterocycles. The van der Waals surface area contributed by atoms with Gasteiger partial charge in [0, 0.05) is 5.39 Å². The monoisotopic (exact) mass is 310 g/mol. The number of halogens is 1. The zero-order valence-corrected chi connectivity index (χ0v) is 11.8. The maximum atomic E-state index is 13.2. The second-order valence-electron chi connectivity index (χ2n) is 5.05. The van der Waals surface area contributed by atoms with E-state index in [1.807, 2.05) is 24.3 Å². The second-order valence-corrected chi connectivity index (χ2v) is 5.05. The normalized spacial score (nSPS) is 11.2. The van der Waals surface area contributed by atoms with E-state index >= 15 is 0 Å². The molecule has 4 rings (SSSR count). The Morgan fingerprint density at radius 3 is 3.04 bits per heavy atom. The Morgan fingerprint density at radius 1 is 1.26 bits per heavy atom. The molecule has 4 aromatic rings. The first-order chi connectivity index (χ1) is 11.2. The lowest BCUT2D eigenvalue weighted by Gasteiger charge is -2.03. The maximum absolute atomic E-state index is 13.2. The lowest BCUT2D eigenvalue weighted by molar-refractivity contribution is -0.116. The van der Waals surface area contributed by atoms with Gasteiger partial charge in [0.05, 0.1) is 11.0 Å². The first kappa shape index (κ1) is 13.4. The number of aromatic nitrogens is 5. The van der Waals surface area contributed by atoms with E-state index in [4.69, 9.17) is 0 Å². The van der Waals surface area contributed by atoms with Gasteiger partial charge in [0.15, 0.2) is 5.82 Å². The SMILES string of the molecule is O=C(Cn1nnc2ccccc21)Nc1n[nH]c2cc(F)ccc12. The quantitative estimate of drug-likeness (QED) is 0.606. The lowest BCUT2D eigenvalue weighted by Crippen LogP contribution is -2.19. The van der Waals surface area contributed by atoms with Gasteiger partial charge in [0.1, 0.15) is 17.9 Å². The van der Waals surface area contributed by atoms with Gasteiger partial charge in [-0.3, -0.25) is 9.89 Å². The van der Waals surface area contributed by atoms with Crippen molar-refractivity contribution in [2.24, 2.45) is 0 Å². The molecule has 8 heteroatoms. The van der Waals surface area contributed by atoms with E-state index in [2.05, 4.69) is 25.8 Å². The van der Waals surface area contributed by atoms with Gasteiger partial charge in [-0.1, -0.05) is 17.3 Å². The van der Waals surface area contributed by atoms with E-state index in [9.17, 15) is 9.18 Å². The molecule has 1 amide bonds. The molecule has 7 nitrogen and oxygen atoms in total. The highest BCUT2D eigenvalue weighted by molar-refractivity contribution is 5.99. The number of carbonyl (C=O) groups is 1. The van der Waals surface area contributed by atoms with E-state index in [0.29, 0.717) is 16.7 Å². The summed E-state index contributed by atoms with van der Waals surface area (Å²) in [5.41, 5.74) is 2.02. The Hall–Kier alpha value is -3.29. The number of nitrogens with one attached hydrogen (secondary N) is 2. The minimum atomic E-state index is -0.367. The Kier molecular flexibility index (Phi) is 3.00. The number of aromatic amines is 1. The van der Waals surface area contributed by atoms with E-state index < -0.39 is 0 Å². The highest BCUT2D eigenvalue weighted by atomic mass is 19.1. The number of anilines is 1. The van der Waals surface area contributed by atoms with Crippen molar-refractivity contribution in [3.8, 4) is 0 Å². The summed E-state index contributed by atoms with van der Waals surface area (Å²) in [5, 5.41) is 18.0. The van der Waals surface area contributed by atoms with Gasteiger partial charge in [-0.2, -0.15) is 5.10 Å². The van der Waals surface area contributed by atoms with Gasteiger partial charge in [0.25, 0.3) is 0 Å². The molecule has 0 radical (unpaired) electrons. The zero-order chi connectivity index (χ0) is 15.8. The highest BCUT2D eigenvalue weighted by Gasteiger charge is 2.12. The molecule has 0 bridgehead atoms. The first-order valence-corrected chi connectivity index (χ1v) is 6.92. The van der Waals surface area contributed by atoms with Crippen molar-refractivity contribution in [3.05, 3.63) is 48.3 Å². The van der Waals surface area contributed by atoms with Crippen molar-refractivity contribution in [3.63, 3.8) is 0 Å². The van der Waals surface area contributed by atoms with Gasteiger partial charge < -0.3 is 5.32 Å². The molecule has 2 N–H and O–H groups in total. The van der Waals surface area contributed by atoms with Gasteiger partial charge in [-0.05, 0) is 30.3 Å². The minimum Gasteiger partial charge on any atom is -0.307 e. The lowest BCUT2D eigenvalue weighted by atomic mass is 10.2. The fourth-order valence-electron chi connectivity index (χ4n) is 2.43. The van der Waals surface area contributed by atoms with Crippen LogP contribution >= 0.6 is 0 Å². The van der Waals surface area contributed by atoms with Crippen LogP contribution in [0.4, 0.5) is 10.2 Å². The van der Waals surface area contributed by atoms with Crippen LogP contribution in [0, 0.1) is 5.82 Å². The molecule has 0 spiro atoms. The molecular formula is C15H11FN6O. The van der Waals surface area contributed by atoms with Crippen molar-refractivity contribution >= 4 is 33.7 Å². The summed E-state index contributed by atoms with van der Waals surface area (Å²) in [6.07, 6.45) is 0. The van der Waals surface area contributed by atoms with Gasteiger partial charge in [-0.15, -0.1) is 5.10 Å². The van der Waals surface area contributed by atoms with Crippen LogP contribution < -0.4 is 5.32 Å². The average Bonchev–Trinajstić information content (AvgIpc) is 3.12. The molecule has 0 saturated carbocycles. The number of fused-ring (bicyclic) bond motifs is 2. The molecule has 0 aliphatic rings. The predicted octanol–water partition coefficient (Wildman–Crippen LogP) is 2.09. The van der Waals surface area contributed by atoms with Crippen LogP contribution in [0.5, 0.6) is 0 Å². The Labute approximate surface area is 129 Å². The summed E-state index contributed by atoms with van der Waals surface area (Å²) in [4.78, 5) is 12.2. The van der Waals surface area contributed by atoms with Crippen molar-refractivity contribution in [1.29, 1.82) is 0 Å². The fraction of sp³-hybridized carbons (Fsp3) is 0.0667. The topological polar surface area (TPSA) is 88.5 Å². The van der Waals surface area contributed by atoms with Crippen LogP contribution in [0.2, 0.25) is 0 Å². The molecule has 0 aliphatic carbocycles. The van der Waals surface area contributed by atoms with E-state index in [0.717, 1.165) is 11.0 Å². The third kappa shape index (κ3) is 2.39. The number of hydrogen-bond donors (Lipinski definition) is 2. The number of amides is 1. The van der Waals surface area contributed by atoms with Crippen LogP contribution in [0.3, 0.4) is 0 Å². The van der Waals surface area contributed by atoms with E-state index in [1.165, 1.54) is 16.8 Å². The highest BCUT2D eigenvalue weighted by Crippen LogP contribution is 2.21. The third-order valence-electron chi connectivity index (χ3n) is 3.50. The molecule has 23 heavy (non-hydrogen) atoms. The Bertz CT molecular complexity index is 1020. The molecule has 0 atom stereocenters. The van der Waals surface area contributed by atoms with Crippen LogP contribution in [0.25, 0.3) is 21.9 Å². The molecule has 0 aliphatic heterocycles. The smallest absolute Gasteiger partial charge is 0.247 e. The van der Waals surface area contributed by atoms with Crippen molar-refractivity contribution in [2.45, 2.75) is 6.54 Å². The van der Waals surface area contributed by atoms with Crippen molar-refractivity contribution < 1.29 is 9.18 Å². The number of rotatable bonds is 3. The molecular weight excluding hydrogens is 299 g/mol. The largest absolute Gasteiger partial charge is 0.307 e. The van der Waals surface area contributed by atoms with E-state index in [-0.39, 0.29) is 18.3 Å². The van der Waals surface area contributed by atoms with Gasteiger partial charge in [-0.25, -0.2) is 9.07 Å².